The van der Waals surface area contributed by atoms with Gasteiger partial charge >= 0.3 is 0 Å². The predicted octanol–water partition coefficient (Wildman–Crippen LogP) is 0.555. The van der Waals surface area contributed by atoms with E-state index in [1.165, 1.54) is 33.5 Å². The van der Waals surface area contributed by atoms with Gasteiger partial charge in [-0.1, -0.05) is 0 Å². The lowest BCUT2D eigenvalue weighted by Crippen LogP contribution is -2.12. The first-order chi connectivity index (χ1) is 8.04. The second-order valence-corrected chi connectivity index (χ2v) is 3.23. The maximum Gasteiger partial charge on any atom is 0.271 e. The zero-order valence-electron chi connectivity index (χ0n) is 9.81. The maximum absolute atomic E-state index is 10.8. The standard InChI is InChI=1S/C11H14NO5/c1-15-7-4-6(9(13)11(12)14)5-8(16-2)10(7)17-3/h4-5,9,12-13H,1-3H3. The van der Waals surface area contributed by atoms with Gasteiger partial charge < -0.3 is 19.3 Å². The molecule has 1 amide bonds. The predicted molar refractivity (Wildman–Crippen MR) is 59.2 cm³/mol. The molecule has 6 heteroatoms. The fourth-order valence-electron chi connectivity index (χ4n) is 1.41. The Morgan fingerprint density at radius 1 is 1.18 bits per heavy atom. The lowest BCUT2D eigenvalue weighted by atomic mass is 10.1. The number of carbonyl (C=O) groups excluding carboxylic acids is 1. The van der Waals surface area contributed by atoms with Crippen LogP contribution >= 0.6 is 0 Å². The molecule has 93 valence electrons. The third-order valence-corrected chi connectivity index (χ3v) is 2.25. The van der Waals surface area contributed by atoms with Crippen LogP contribution in [0.5, 0.6) is 17.2 Å². The molecule has 1 radical (unpaired) electrons. The third kappa shape index (κ3) is 2.59. The molecule has 0 aromatic heterocycles. The molecule has 0 bridgehead atoms. The Morgan fingerprint density at radius 3 is 1.94 bits per heavy atom. The molecule has 0 saturated carbocycles. The lowest BCUT2D eigenvalue weighted by molar-refractivity contribution is -0.126. The van der Waals surface area contributed by atoms with Crippen molar-refractivity contribution in [3.8, 4) is 17.2 Å². The zero-order chi connectivity index (χ0) is 13.0. The molecule has 1 aromatic rings. The van der Waals surface area contributed by atoms with E-state index in [1.54, 1.807) is 0 Å². The minimum absolute atomic E-state index is 0.222. The number of nitrogens with one attached hydrogen (secondary N) is 1. The highest BCUT2D eigenvalue weighted by molar-refractivity contribution is 5.80. The average molecular weight is 240 g/mol. The summed E-state index contributed by atoms with van der Waals surface area (Å²) in [4.78, 5) is 10.8. The highest BCUT2D eigenvalue weighted by Crippen LogP contribution is 2.39. The highest BCUT2D eigenvalue weighted by Gasteiger charge is 2.20. The number of hydrogen-bond donors (Lipinski definition) is 1. The zero-order valence-corrected chi connectivity index (χ0v) is 9.81. The summed E-state index contributed by atoms with van der Waals surface area (Å²) in [5, 5.41) is 9.51. The SMILES string of the molecule is COc1cc(C(O)C([NH])=O)cc(OC)c1OC. The first-order valence-electron chi connectivity index (χ1n) is 4.78. The summed E-state index contributed by atoms with van der Waals surface area (Å²) in [6.07, 6.45) is -1.52. The van der Waals surface area contributed by atoms with Crippen LogP contribution in [0, 0.1) is 0 Å². The number of aliphatic hydroxyl groups excluding tert-OH is 1. The van der Waals surface area contributed by atoms with Crippen molar-refractivity contribution in [1.29, 1.82) is 0 Å². The number of carbonyl (C=O) groups is 1. The Labute approximate surface area is 98.9 Å². The van der Waals surface area contributed by atoms with Gasteiger partial charge in [-0.3, -0.25) is 10.5 Å². The lowest BCUT2D eigenvalue weighted by Gasteiger charge is -2.15. The number of aliphatic hydroxyl groups is 1. The fourth-order valence-corrected chi connectivity index (χ4v) is 1.41. The number of amides is 1. The van der Waals surface area contributed by atoms with E-state index < -0.39 is 12.0 Å². The minimum Gasteiger partial charge on any atom is -0.493 e. The molecule has 6 nitrogen and oxygen atoms in total. The van der Waals surface area contributed by atoms with Crippen LogP contribution in [0.25, 0.3) is 0 Å². The van der Waals surface area contributed by atoms with Crippen LogP contribution in [-0.2, 0) is 4.79 Å². The molecule has 0 aliphatic rings. The molecule has 0 heterocycles. The monoisotopic (exact) mass is 240 g/mol. The first-order valence-corrected chi connectivity index (χ1v) is 4.78. The van der Waals surface area contributed by atoms with E-state index >= 15 is 0 Å². The van der Waals surface area contributed by atoms with E-state index in [-0.39, 0.29) is 5.56 Å². The van der Waals surface area contributed by atoms with Crippen LogP contribution in [-0.4, -0.2) is 32.3 Å². The fraction of sp³-hybridized carbons (Fsp3) is 0.364. The molecule has 0 aliphatic heterocycles. The van der Waals surface area contributed by atoms with Gasteiger partial charge in [0, 0.05) is 0 Å². The van der Waals surface area contributed by atoms with E-state index in [1.807, 2.05) is 0 Å². The van der Waals surface area contributed by atoms with Crippen molar-refractivity contribution in [1.82, 2.24) is 5.73 Å². The van der Waals surface area contributed by atoms with Gasteiger partial charge in [0.15, 0.2) is 17.6 Å². The molecular weight excluding hydrogens is 226 g/mol. The van der Waals surface area contributed by atoms with Gasteiger partial charge in [-0.05, 0) is 17.7 Å². The summed E-state index contributed by atoms with van der Waals surface area (Å²) < 4.78 is 15.2. The molecule has 0 aliphatic carbocycles. The number of benzene rings is 1. The van der Waals surface area contributed by atoms with Crippen LogP contribution < -0.4 is 19.9 Å². The second-order valence-electron chi connectivity index (χ2n) is 3.23. The topological polar surface area (TPSA) is 88.8 Å². The second kappa shape index (κ2) is 5.40. The van der Waals surface area contributed by atoms with Crippen LogP contribution in [0.4, 0.5) is 0 Å². The van der Waals surface area contributed by atoms with Gasteiger partial charge in [0.2, 0.25) is 5.75 Å². The van der Waals surface area contributed by atoms with Crippen molar-refractivity contribution in [2.45, 2.75) is 6.10 Å². The van der Waals surface area contributed by atoms with Gasteiger partial charge in [-0.15, -0.1) is 0 Å². The summed E-state index contributed by atoms with van der Waals surface area (Å²) in [7, 11) is 4.30. The third-order valence-electron chi connectivity index (χ3n) is 2.25. The van der Waals surface area contributed by atoms with E-state index in [9.17, 15) is 9.90 Å². The van der Waals surface area contributed by atoms with Gasteiger partial charge in [-0.2, -0.15) is 0 Å². The molecule has 0 fully saturated rings. The summed E-state index contributed by atoms with van der Waals surface area (Å²) in [6, 6.07) is 2.86. The van der Waals surface area contributed by atoms with E-state index in [0.717, 1.165) is 0 Å². The molecule has 1 unspecified atom stereocenters. The van der Waals surface area contributed by atoms with Crippen LogP contribution in [0.2, 0.25) is 0 Å². The maximum atomic E-state index is 10.8. The van der Waals surface area contributed by atoms with E-state index in [4.69, 9.17) is 19.9 Å². The van der Waals surface area contributed by atoms with E-state index in [2.05, 4.69) is 0 Å². The summed E-state index contributed by atoms with van der Waals surface area (Å²) >= 11 is 0. The number of rotatable bonds is 5. The number of ether oxygens (including phenoxy) is 3. The number of methoxy groups -OCH3 is 3. The molecule has 1 rings (SSSR count). The van der Waals surface area contributed by atoms with Crippen molar-refractivity contribution in [3.05, 3.63) is 17.7 Å². The van der Waals surface area contributed by atoms with Crippen LogP contribution in [0.1, 0.15) is 11.7 Å². The van der Waals surface area contributed by atoms with Crippen molar-refractivity contribution in [3.63, 3.8) is 0 Å². The van der Waals surface area contributed by atoms with Gasteiger partial charge in [0.05, 0.1) is 21.3 Å². The average Bonchev–Trinajstić information content (AvgIpc) is 2.35. The van der Waals surface area contributed by atoms with Crippen LogP contribution in [0.15, 0.2) is 12.1 Å². The molecule has 1 atom stereocenters. The smallest absolute Gasteiger partial charge is 0.271 e. The van der Waals surface area contributed by atoms with Crippen molar-refractivity contribution < 1.29 is 24.1 Å². The number of hydrogen-bond acceptors (Lipinski definition) is 5. The van der Waals surface area contributed by atoms with Gasteiger partial charge in [0.1, 0.15) is 0 Å². The molecule has 1 aromatic carbocycles. The minimum atomic E-state index is -1.52. The highest BCUT2D eigenvalue weighted by atomic mass is 16.5. The Balaban J connectivity index is 3.31. The Hall–Kier alpha value is -1.95. The largest absolute Gasteiger partial charge is 0.493 e. The Kier molecular flexibility index (Phi) is 4.17. The van der Waals surface area contributed by atoms with Crippen molar-refractivity contribution >= 4 is 5.91 Å². The van der Waals surface area contributed by atoms with Crippen LogP contribution in [0.3, 0.4) is 0 Å². The summed E-state index contributed by atoms with van der Waals surface area (Å²) in [6.45, 7) is 0. The Bertz CT molecular complexity index is 393. The van der Waals surface area contributed by atoms with E-state index in [0.29, 0.717) is 17.2 Å². The van der Waals surface area contributed by atoms with Gasteiger partial charge in [0.25, 0.3) is 5.91 Å². The van der Waals surface area contributed by atoms with Gasteiger partial charge in [-0.25, -0.2) is 0 Å². The molecule has 2 N–H and O–H groups in total. The Morgan fingerprint density at radius 2 is 1.65 bits per heavy atom. The summed E-state index contributed by atoms with van der Waals surface area (Å²) in [5.74, 6) is -0.0908. The first kappa shape index (κ1) is 13.1. The normalized spacial score (nSPS) is 11.8. The molecular formula is C11H14NO5. The summed E-state index contributed by atoms with van der Waals surface area (Å²) in [5.41, 5.74) is 7.09. The van der Waals surface area contributed by atoms with Crippen molar-refractivity contribution in [2.24, 2.45) is 0 Å². The molecule has 0 saturated heterocycles. The molecule has 17 heavy (non-hydrogen) atoms. The van der Waals surface area contributed by atoms with Crippen molar-refractivity contribution in [2.75, 3.05) is 21.3 Å². The molecule has 0 spiro atoms. The quantitative estimate of drug-likeness (QED) is 0.812.